The van der Waals surface area contributed by atoms with E-state index in [1.54, 1.807) is 39.8 Å². The lowest BCUT2D eigenvalue weighted by molar-refractivity contribution is -0.146. The molecular formula is C48H72N12O14. The Balaban J connectivity index is 1.73. The highest BCUT2D eigenvalue weighted by Crippen LogP contribution is 2.21. The molecular weight excluding hydrogens is 969 g/mol. The predicted molar refractivity (Wildman–Crippen MR) is 263 cm³/mol. The van der Waals surface area contributed by atoms with Gasteiger partial charge in [-0.3, -0.25) is 52.7 Å². The van der Waals surface area contributed by atoms with Crippen molar-refractivity contribution in [2.75, 3.05) is 13.1 Å². The smallest absolute Gasteiger partial charge is 0.305 e. The fourth-order valence-electron chi connectivity index (χ4n) is 7.98. The molecule has 1 aromatic heterocycles. The normalized spacial score (nSPS) is 16.5. The van der Waals surface area contributed by atoms with Crippen LogP contribution in [0.4, 0.5) is 0 Å². The van der Waals surface area contributed by atoms with Gasteiger partial charge in [-0.1, -0.05) is 60.1 Å². The van der Waals surface area contributed by atoms with Crippen molar-refractivity contribution in [3.8, 4) is 5.75 Å². The minimum absolute atomic E-state index is 0.00148. The molecule has 1 fully saturated rings. The molecule has 15 N–H and O–H groups in total. The Hall–Kier alpha value is -7.64. The lowest BCUT2D eigenvalue weighted by Gasteiger charge is -2.31. The van der Waals surface area contributed by atoms with Gasteiger partial charge in [-0.2, -0.15) is 0 Å². The van der Waals surface area contributed by atoms with Crippen LogP contribution in [0.1, 0.15) is 97.7 Å². The van der Waals surface area contributed by atoms with Gasteiger partial charge in [0.1, 0.15) is 48.0 Å². The van der Waals surface area contributed by atoms with Crippen molar-refractivity contribution in [1.82, 2.24) is 52.1 Å². The Bertz CT molecular complexity index is 2290. The quantitative estimate of drug-likeness (QED) is 0.0396. The number of benzene rings is 1. The van der Waals surface area contributed by atoms with Crippen molar-refractivity contribution >= 4 is 65.1 Å². The Morgan fingerprint density at radius 1 is 0.757 bits per heavy atom. The summed E-state index contributed by atoms with van der Waals surface area (Å²) in [7, 11) is 0. The fraction of sp³-hybridized carbons (Fsp3) is 0.583. The lowest BCUT2D eigenvalue weighted by Crippen LogP contribution is -2.60. The van der Waals surface area contributed by atoms with Gasteiger partial charge in [0.15, 0.2) is 0 Å². The molecule has 9 atom stereocenters. The van der Waals surface area contributed by atoms with Crippen LogP contribution in [0, 0.1) is 17.8 Å². The molecule has 0 spiro atoms. The molecule has 1 aromatic carbocycles. The number of carbonyl (C=O) groups excluding carboxylic acids is 9. The highest BCUT2D eigenvalue weighted by molar-refractivity contribution is 5.99. The zero-order chi connectivity index (χ0) is 55.4. The second kappa shape index (κ2) is 29.2. The number of aromatic hydroxyl groups is 1. The zero-order valence-corrected chi connectivity index (χ0v) is 42.5. The summed E-state index contributed by atoms with van der Waals surface area (Å²) < 4.78 is 0. The van der Waals surface area contributed by atoms with E-state index < -0.39 is 145 Å². The summed E-state index contributed by atoms with van der Waals surface area (Å²) in [5.74, 6) is -11.4. The second-order valence-electron chi connectivity index (χ2n) is 19.1. The van der Waals surface area contributed by atoms with Crippen LogP contribution in [0.5, 0.6) is 5.75 Å². The van der Waals surface area contributed by atoms with Crippen molar-refractivity contribution in [3.63, 3.8) is 0 Å². The maximum Gasteiger partial charge on any atom is 0.305 e. The number of primary amides is 1. The van der Waals surface area contributed by atoms with Crippen molar-refractivity contribution in [2.45, 2.75) is 148 Å². The van der Waals surface area contributed by atoms with Gasteiger partial charge in [0.05, 0.1) is 25.3 Å². The Labute approximate surface area is 428 Å². The van der Waals surface area contributed by atoms with E-state index >= 15 is 0 Å². The number of nitrogens with zero attached hydrogens (tertiary/aromatic N) is 2. The molecule has 0 bridgehead atoms. The molecule has 26 heteroatoms. The highest BCUT2D eigenvalue weighted by Gasteiger charge is 2.41. The number of carbonyl (C=O) groups is 11. The number of nitrogens with one attached hydrogen (secondary N) is 8. The summed E-state index contributed by atoms with van der Waals surface area (Å²) in [4.78, 5) is 152. The number of H-pyrrole nitrogens is 1. The van der Waals surface area contributed by atoms with Crippen LogP contribution in [0.25, 0.3) is 0 Å². The number of hydrogen-bond donors (Lipinski definition) is 13. The number of carboxylic acids is 2. The number of carboxylic acid groups (broad SMARTS) is 2. The molecule has 3 rings (SSSR count). The van der Waals surface area contributed by atoms with E-state index in [4.69, 9.17) is 16.6 Å². The van der Waals surface area contributed by atoms with E-state index in [9.17, 15) is 63.0 Å². The molecule has 2 aromatic rings. The van der Waals surface area contributed by atoms with E-state index in [0.29, 0.717) is 24.1 Å². The number of aromatic nitrogens is 2. The summed E-state index contributed by atoms with van der Waals surface area (Å²) in [5, 5.41) is 46.1. The molecule has 9 amide bonds. The molecule has 1 aliphatic rings. The van der Waals surface area contributed by atoms with Gasteiger partial charge >= 0.3 is 11.9 Å². The lowest BCUT2D eigenvalue weighted by atomic mass is 9.97. The average Bonchev–Trinajstić information content (AvgIpc) is 4.05. The molecule has 408 valence electrons. The summed E-state index contributed by atoms with van der Waals surface area (Å²) >= 11 is 0. The van der Waals surface area contributed by atoms with Crippen LogP contribution in [0.2, 0.25) is 0 Å². The summed E-state index contributed by atoms with van der Waals surface area (Å²) in [6, 6.07) is -4.53. The second-order valence-corrected chi connectivity index (χ2v) is 19.1. The number of phenols is 1. The molecule has 0 saturated carbocycles. The number of amides is 9. The molecule has 26 nitrogen and oxygen atoms in total. The number of aromatic amines is 1. The number of imidazole rings is 1. The maximum atomic E-state index is 14.0. The summed E-state index contributed by atoms with van der Waals surface area (Å²) in [6.45, 7) is 9.47. The third-order valence-electron chi connectivity index (χ3n) is 12.3. The average molecular weight is 1040 g/mol. The summed E-state index contributed by atoms with van der Waals surface area (Å²) in [5.41, 5.74) is 12.5. The Morgan fingerprint density at radius 3 is 1.96 bits per heavy atom. The number of aliphatic carboxylic acids is 2. The van der Waals surface area contributed by atoms with Gasteiger partial charge < -0.3 is 73.9 Å². The Morgan fingerprint density at radius 2 is 1.39 bits per heavy atom. The first kappa shape index (κ1) is 60.7. The van der Waals surface area contributed by atoms with Crippen LogP contribution in [-0.2, 0) is 65.6 Å². The standard InChI is InChI=1S/C48H72N12O14/c1-7-26(6)40(59-45(71)35-9-8-16-60(35)48(74)34(20-38(65)66)57-47(73)39(25(4)5)58-42(68)30(49)14-15-37(63)64)46(72)52-22-36(62)54-33(19-28-21-51-23-53-28)44(70)56-32(17-24(2)3)43(69)55-31(41(50)67)18-27-10-12-29(61)13-11-27/h10-13,21,23-26,30-35,39-40,61H,7-9,14-20,22,49H2,1-6H3,(H2,50,67)(H,51,53)(H,52,72)(H,54,62)(H,55,69)(H,56,70)(H,57,73)(H,58,68)(H,59,71)(H,63,64)(H,65,66). The molecule has 2 heterocycles. The van der Waals surface area contributed by atoms with Gasteiger partial charge in [-0.15, -0.1) is 0 Å². The summed E-state index contributed by atoms with van der Waals surface area (Å²) in [6.07, 6.45) is 1.97. The van der Waals surface area contributed by atoms with E-state index in [0.717, 1.165) is 4.90 Å². The van der Waals surface area contributed by atoms with Crippen molar-refractivity contribution in [1.29, 1.82) is 0 Å². The van der Waals surface area contributed by atoms with Crippen molar-refractivity contribution < 1.29 is 68.1 Å². The number of phenolic OH excluding ortho intramolecular Hbond substituents is 1. The first-order chi connectivity index (χ1) is 34.8. The minimum atomic E-state index is -1.70. The van der Waals surface area contributed by atoms with Gasteiger partial charge in [0, 0.05) is 37.7 Å². The number of rotatable bonds is 30. The first-order valence-electron chi connectivity index (χ1n) is 24.4. The number of likely N-dealkylation sites (tertiary alicyclic amines) is 1. The molecule has 1 saturated heterocycles. The van der Waals surface area contributed by atoms with Crippen LogP contribution in [-0.4, -0.2) is 157 Å². The fourth-order valence-corrected chi connectivity index (χ4v) is 7.98. The van der Waals surface area contributed by atoms with Crippen molar-refractivity contribution in [2.24, 2.45) is 29.2 Å². The van der Waals surface area contributed by atoms with Gasteiger partial charge in [-0.25, -0.2) is 4.98 Å². The van der Waals surface area contributed by atoms with E-state index in [1.807, 2.05) is 13.8 Å². The molecule has 1 aliphatic heterocycles. The van der Waals surface area contributed by atoms with E-state index in [-0.39, 0.29) is 50.3 Å². The van der Waals surface area contributed by atoms with E-state index in [2.05, 4.69) is 47.2 Å². The van der Waals surface area contributed by atoms with Gasteiger partial charge in [0.2, 0.25) is 53.2 Å². The third kappa shape index (κ3) is 19.4. The molecule has 74 heavy (non-hydrogen) atoms. The van der Waals surface area contributed by atoms with Crippen molar-refractivity contribution in [3.05, 3.63) is 48.0 Å². The van der Waals surface area contributed by atoms with Crippen LogP contribution in [0.15, 0.2) is 36.8 Å². The minimum Gasteiger partial charge on any atom is -0.508 e. The van der Waals surface area contributed by atoms with Gasteiger partial charge in [-0.05, 0) is 61.1 Å². The molecule has 0 aliphatic carbocycles. The zero-order valence-electron chi connectivity index (χ0n) is 42.5. The maximum absolute atomic E-state index is 14.0. The number of nitrogens with two attached hydrogens (primary N) is 2. The van der Waals surface area contributed by atoms with Crippen LogP contribution in [0.3, 0.4) is 0 Å². The molecule has 9 unspecified atom stereocenters. The van der Waals surface area contributed by atoms with Gasteiger partial charge in [0.25, 0.3) is 0 Å². The predicted octanol–water partition coefficient (Wildman–Crippen LogP) is -2.18. The van der Waals surface area contributed by atoms with Crippen LogP contribution >= 0.6 is 0 Å². The van der Waals surface area contributed by atoms with E-state index in [1.165, 1.54) is 24.7 Å². The largest absolute Gasteiger partial charge is 0.508 e. The molecule has 0 radical (unpaired) electrons. The SMILES string of the molecule is CCC(C)C(NC(=O)C1CCCN1C(=O)C(CC(=O)O)NC(=O)C(NC(=O)C(N)CCC(=O)O)C(C)C)C(=O)NCC(=O)NC(Cc1cnc[nH]1)C(=O)NC(CC(C)C)C(=O)NC(Cc1ccc(O)cc1)C(N)=O. The number of hydrogen-bond acceptors (Lipinski definition) is 14. The topological polar surface area (TPSA) is 417 Å². The third-order valence-corrected chi connectivity index (χ3v) is 12.3. The highest BCUT2D eigenvalue weighted by atomic mass is 16.4. The Kier molecular flexibility index (Phi) is 23.9. The monoisotopic (exact) mass is 1040 g/mol. The van der Waals surface area contributed by atoms with Crippen LogP contribution < -0.4 is 48.7 Å². The first-order valence-corrected chi connectivity index (χ1v) is 24.4.